The van der Waals surface area contributed by atoms with Gasteiger partial charge < -0.3 is 20.4 Å². The first-order valence-corrected chi connectivity index (χ1v) is 6.33. The maximum absolute atomic E-state index is 12.0. The molecule has 1 saturated carbocycles. The summed E-state index contributed by atoms with van der Waals surface area (Å²) in [6.07, 6.45) is 1.20. The van der Waals surface area contributed by atoms with Gasteiger partial charge >= 0.3 is 18.0 Å². The van der Waals surface area contributed by atoms with E-state index in [2.05, 4.69) is 5.32 Å². The highest BCUT2D eigenvalue weighted by molar-refractivity contribution is 5.86. The zero-order valence-corrected chi connectivity index (χ0v) is 11.1. The first-order chi connectivity index (χ1) is 8.81. The number of nitrogens with one attached hydrogen (secondary N) is 1. The van der Waals surface area contributed by atoms with Gasteiger partial charge in [0.1, 0.15) is 6.04 Å². The van der Waals surface area contributed by atoms with Crippen LogP contribution in [0.4, 0.5) is 4.79 Å². The molecule has 1 atom stereocenters. The van der Waals surface area contributed by atoms with Gasteiger partial charge in [-0.05, 0) is 18.8 Å². The molecule has 0 bridgehead atoms. The molecule has 1 fully saturated rings. The topological polar surface area (TPSA) is 107 Å². The first-order valence-electron chi connectivity index (χ1n) is 6.33. The summed E-state index contributed by atoms with van der Waals surface area (Å²) in [6.45, 7) is 4.47. The molecule has 0 unspecified atom stereocenters. The maximum Gasteiger partial charge on any atom is 0.326 e. The maximum atomic E-state index is 12.0. The molecule has 0 aromatic rings. The lowest BCUT2D eigenvalue weighted by atomic mass is 10.2. The van der Waals surface area contributed by atoms with Gasteiger partial charge in [-0.25, -0.2) is 9.59 Å². The van der Waals surface area contributed by atoms with Gasteiger partial charge in [0, 0.05) is 12.6 Å². The molecule has 0 spiro atoms. The van der Waals surface area contributed by atoms with E-state index in [1.807, 2.05) is 13.8 Å². The Bertz CT molecular complexity index is 365. The first kappa shape index (κ1) is 15.3. The minimum absolute atomic E-state index is 0.154. The van der Waals surface area contributed by atoms with Crippen LogP contribution >= 0.6 is 0 Å². The molecule has 0 aromatic heterocycles. The van der Waals surface area contributed by atoms with Crippen LogP contribution in [-0.4, -0.2) is 51.7 Å². The Morgan fingerprint density at radius 3 is 2.21 bits per heavy atom. The Labute approximate surface area is 111 Å². The van der Waals surface area contributed by atoms with Gasteiger partial charge in [-0.2, -0.15) is 0 Å². The Morgan fingerprint density at radius 2 is 1.84 bits per heavy atom. The average molecular weight is 272 g/mol. The number of rotatable bonds is 7. The van der Waals surface area contributed by atoms with Crippen molar-refractivity contribution in [1.29, 1.82) is 0 Å². The van der Waals surface area contributed by atoms with Crippen LogP contribution < -0.4 is 5.32 Å². The quantitative estimate of drug-likeness (QED) is 0.633. The Morgan fingerprint density at radius 1 is 1.26 bits per heavy atom. The molecule has 0 aromatic carbocycles. The molecule has 0 aliphatic heterocycles. The van der Waals surface area contributed by atoms with Crippen LogP contribution in [0.5, 0.6) is 0 Å². The fourth-order valence-electron chi connectivity index (χ4n) is 1.78. The molecule has 0 heterocycles. The monoisotopic (exact) mass is 272 g/mol. The van der Waals surface area contributed by atoms with Gasteiger partial charge in [0.2, 0.25) is 0 Å². The number of carboxylic acid groups (broad SMARTS) is 2. The number of urea groups is 1. The van der Waals surface area contributed by atoms with Gasteiger partial charge in [-0.3, -0.25) is 4.79 Å². The molecular weight excluding hydrogens is 252 g/mol. The molecule has 7 heteroatoms. The summed E-state index contributed by atoms with van der Waals surface area (Å²) in [5, 5.41) is 19.8. The Balaban J connectivity index is 2.62. The number of aliphatic carboxylic acids is 2. The van der Waals surface area contributed by atoms with Crippen molar-refractivity contribution in [3.05, 3.63) is 0 Å². The number of carbonyl (C=O) groups excluding carboxylic acids is 1. The smallest absolute Gasteiger partial charge is 0.326 e. The highest BCUT2D eigenvalue weighted by Crippen LogP contribution is 2.27. The zero-order chi connectivity index (χ0) is 14.6. The Hall–Kier alpha value is -1.79. The second-order valence-corrected chi connectivity index (χ2v) is 5.22. The summed E-state index contributed by atoms with van der Waals surface area (Å²) >= 11 is 0. The van der Waals surface area contributed by atoms with E-state index in [9.17, 15) is 14.4 Å². The molecular formula is C12H20N2O5. The average Bonchev–Trinajstić information content (AvgIpc) is 3.07. The molecule has 1 aliphatic rings. The van der Waals surface area contributed by atoms with Crippen molar-refractivity contribution in [3.8, 4) is 0 Å². The number of carboxylic acids is 2. The zero-order valence-electron chi connectivity index (χ0n) is 11.1. The van der Waals surface area contributed by atoms with Gasteiger partial charge in [-0.15, -0.1) is 0 Å². The predicted octanol–water partition coefficient (Wildman–Crippen LogP) is 0.744. The van der Waals surface area contributed by atoms with Crippen molar-refractivity contribution in [2.24, 2.45) is 5.92 Å². The summed E-state index contributed by atoms with van der Waals surface area (Å²) in [5.41, 5.74) is 0. The predicted molar refractivity (Wildman–Crippen MR) is 66.8 cm³/mol. The molecule has 108 valence electrons. The summed E-state index contributed by atoms with van der Waals surface area (Å²) in [5.74, 6) is -2.32. The van der Waals surface area contributed by atoms with Crippen LogP contribution in [0.25, 0.3) is 0 Å². The molecule has 0 saturated heterocycles. The lowest BCUT2D eigenvalue weighted by Gasteiger charge is -2.26. The van der Waals surface area contributed by atoms with E-state index in [1.165, 1.54) is 0 Å². The molecule has 1 aliphatic carbocycles. The molecule has 3 N–H and O–H groups in total. The van der Waals surface area contributed by atoms with E-state index >= 15 is 0 Å². The van der Waals surface area contributed by atoms with Crippen LogP contribution in [-0.2, 0) is 9.59 Å². The fraction of sp³-hybridized carbons (Fsp3) is 0.750. The van der Waals surface area contributed by atoms with Crippen molar-refractivity contribution in [2.75, 3.05) is 6.54 Å². The van der Waals surface area contributed by atoms with E-state index in [4.69, 9.17) is 10.2 Å². The van der Waals surface area contributed by atoms with Crippen molar-refractivity contribution in [3.63, 3.8) is 0 Å². The van der Waals surface area contributed by atoms with E-state index in [0.29, 0.717) is 6.54 Å². The van der Waals surface area contributed by atoms with Gasteiger partial charge in [0.25, 0.3) is 0 Å². The Kier molecular flexibility index (Phi) is 5.14. The van der Waals surface area contributed by atoms with E-state index in [0.717, 1.165) is 12.8 Å². The molecule has 7 nitrogen and oxygen atoms in total. The lowest BCUT2D eigenvalue weighted by Crippen LogP contribution is -2.50. The van der Waals surface area contributed by atoms with Crippen LogP contribution in [0.1, 0.15) is 33.1 Å². The summed E-state index contributed by atoms with van der Waals surface area (Å²) in [6, 6.07) is -1.73. The number of hydrogen-bond acceptors (Lipinski definition) is 3. The van der Waals surface area contributed by atoms with Crippen molar-refractivity contribution >= 4 is 18.0 Å². The van der Waals surface area contributed by atoms with E-state index < -0.39 is 30.4 Å². The number of nitrogens with zero attached hydrogens (tertiary/aromatic N) is 1. The summed E-state index contributed by atoms with van der Waals surface area (Å²) < 4.78 is 0. The van der Waals surface area contributed by atoms with Gasteiger partial charge in [0.15, 0.2) is 0 Å². The highest BCUT2D eigenvalue weighted by Gasteiger charge is 2.34. The molecule has 1 rings (SSSR count). The second kappa shape index (κ2) is 6.40. The third-order valence-electron chi connectivity index (χ3n) is 2.78. The van der Waals surface area contributed by atoms with E-state index in [-0.39, 0.29) is 12.0 Å². The van der Waals surface area contributed by atoms with Crippen LogP contribution in [0.3, 0.4) is 0 Å². The number of carbonyl (C=O) groups is 3. The molecule has 2 amide bonds. The summed E-state index contributed by atoms with van der Waals surface area (Å²) in [7, 11) is 0. The van der Waals surface area contributed by atoms with Crippen LogP contribution in [0, 0.1) is 5.92 Å². The third kappa shape index (κ3) is 5.15. The third-order valence-corrected chi connectivity index (χ3v) is 2.78. The minimum Gasteiger partial charge on any atom is -0.481 e. The number of amides is 2. The van der Waals surface area contributed by atoms with Crippen molar-refractivity contribution in [1.82, 2.24) is 10.2 Å². The van der Waals surface area contributed by atoms with Gasteiger partial charge in [0.05, 0.1) is 6.42 Å². The largest absolute Gasteiger partial charge is 0.481 e. The van der Waals surface area contributed by atoms with E-state index in [1.54, 1.807) is 4.90 Å². The normalized spacial score (nSPS) is 15.9. The highest BCUT2D eigenvalue weighted by atomic mass is 16.4. The minimum atomic E-state index is -1.39. The molecule has 19 heavy (non-hydrogen) atoms. The second-order valence-electron chi connectivity index (χ2n) is 5.22. The molecule has 0 radical (unpaired) electrons. The fourth-order valence-corrected chi connectivity index (χ4v) is 1.78. The summed E-state index contributed by atoms with van der Waals surface area (Å²) in [4.78, 5) is 35.1. The number of hydrogen-bond donors (Lipinski definition) is 3. The van der Waals surface area contributed by atoms with Crippen LogP contribution in [0.15, 0.2) is 0 Å². The SMILES string of the molecule is CC(C)CN(C(=O)N[C@@H](CC(=O)O)C(=O)O)C1CC1. The van der Waals surface area contributed by atoms with Crippen LogP contribution in [0.2, 0.25) is 0 Å². The standard InChI is InChI=1S/C12H20N2O5/c1-7(2)6-14(8-3-4-8)12(19)13-9(11(17)18)5-10(15)16/h7-9H,3-6H2,1-2H3,(H,13,19)(H,15,16)(H,17,18)/t9-/m0/s1. The van der Waals surface area contributed by atoms with Crippen molar-refractivity contribution in [2.45, 2.75) is 45.2 Å². The van der Waals surface area contributed by atoms with Crippen molar-refractivity contribution < 1.29 is 24.6 Å². The lowest BCUT2D eigenvalue weighted by molar-refractivity contribution is -0.145. The van der Waals surface area contributed by atoms with Gasteiger partial charge in [-0.1, -0.05) is 13.8 Å².